The van der Waals surface area contributed by atoms with Crippen molar-refractivity contribution in [1.82, 2.24) is 30.1 Å². The van der Waals surface area contributed by atoms with Gasteiger partial charge in [0.05, 0.1) is 16.6 Å². The van der Waals surface area contributed by atoms with Crippen molar-refractivity contribution < 1.29 is 13.2 Å². The van der Waals surface area contributed by atoms with Crippen molar-refractivity contribution >= 4 is 22.7 Å². The third kappa shape index (κ3) is 3.70. The topological polar surface area (TPSA) is 105 Å². The first-order valence-corrected chi connectivity index (χ1v) is 9.33. The van der Waals surface area contributed by atoms with Crippen LogP contribution in [0.5, 0.6) is 0 Å². The number of H-pyrrole nitrogens is 1. The van der Waals surface area contributed by atoms with Crippen LogP contribution >= 0.6 is 0 Å². The second-order valence-corrected chi connectivity index (χ2v) is 6.77. The fraction of sp³-hybridized carbons (Fsp3) is 0.0952. The molecule has 5 rings (SSSR count). The summed E-state index contributed by atoms with van der Waals surface area (Å²) in [6.07, 6.45) is 0.0207. The zero-order valence-corrected chi connectivity index (χ0v) is 16.2. The van der Waals surface area contributed by atoms with E-state index in [4.69, 9.17) is 4.42 Å². The van der Waals surface area contributed by atoms with Gasteiger partial charge in [-0.1, -0.05) is 30.3 Å². The molecule has 2 aromatic carbocycles. The van der Waals surface area contributed by atoms with Crippen molar-refractivity contribution in [3.63, 3.8) is 0 Å². The number of aromatic nitrogens is 6. The third-order valence-corrected chi connectivity index (χ3v) is 4.57. The van der Waals surface area contributed by atoms with Gasteiger partial charge in [-0.15, -0.1) is 10.2 Å². The first kappa shape index (κ1) is 18.8. The highest BCUT2D eigenvalue weighted by atomic mass is 19.3. The zero-order valence-electron chi connectivity index (χ0n) is 16.2. The monoisotopic (exact) mass is 419 g/mol. The SMILES string of the molecule is Cc1nc2c(-c3ccccc3)cc(Nc3ncc(-c4nnc(C(F)F)o4)cn3)cc2[nH]1. The number of hydrogen-bond donors (Lipinski definition) is 2. The number of aryl methyl sites for hydroxylation is 1. The minimum atomic E-state index is -2.83. The van der Waals surface area contributed by atoms with Crippen molar-refractivity contribution in [1.29, 1.82) is 0 Å². The Bertz CT molecular complexity index is 1350. The summed E-state index contributed by atoms with van der Waals surface area (Å²) in [5.41, 5.74) is 4.85. The van der Waals surface area contributed by atoms with Crippen LogP contribution in [-0.4, -0.2) is 30.1 Å². The minimum Gasteiger partial charge on any atom is -0.415 e. The molecule has 0 aliphatic rings. The summed E-state index contributed by atoms with van der Waals surface area (Å²) in [5, 5.41) is 10.1. The van der Waals surface area contributed by atoms with Gasteiger partial charge in [0.15, 0.2) is 0 Å². The smallest absolute Gasteiger partial charge is 0.314 e. The lowest BCUT2D eigenvalue weighted by Crippen LogP contribution is -1.97. The Morgan fingerprint density at radius 3 is 2.48 bits per heavy atom. The van der Waals surface area contributed by atoms with E-state index in [0.29, 0.717) is 11.5 Å². The molecule has 0 bridgehead atoms. The third-order valence-electron chi connectivity index (χ3n) is 4.57. The van der Waals surface area contributed by atoms with E-state index >= 15 is 0 Å². The highest BCUT2D eigenvalue weighted by molar-refractivity contribution is 5.95. The molecule has 0 aliphatic heterocycles. The first-order chi connectivity index (χ1) is 15.1. The molecule has 0 aliphatic carbocycles. The second kappa shape index (κ2) is 7.56. The summed E-state index contributed by atoms with van der Waals surface area (Å²) in [4.78, 5) is 16.3. The molecule has 0 saturated carbocycles. The molecule has 10 heteroatoms. The number of fused-ring (bicyclic) bond motifs is 1. The van der Waals surface area contributed by atoms with Crippen LogP contribution < -0.4 is 5.32 Å². The van der Waals surface area contributed by atoms with Crippen LogP contribution in [0.4, 0.5) is 20.4 Å². The summed E-state index contributed by atoms with van der Waals surface area (Å²) in [6, 6.07) is 13.8. The van der Waals surface area contributed by atoms with Crippen LogP contribution in [0.2, 0.25) is 0 Å². The van der Waals surface area contributed by atoms with E-state index in [-0.39, 0.29) is 5.89 Å². The van der Waals surface area contributed by atoms with Crippen LogP contribution in [0, 0.1) is 6.92 Å². The van der Waals surface area contributed by atoms with Gasteiger partial charge >= 0.3 is 6.43 Å². The van der Waals surface area contributed by atoms with Crippen molar-refractivity contribution in [2.75, 3.05) is 5.32 Å². The Labute approximate surface area is 174 Å². The molecule has 0 unspecified atom stereocenters. The second-order valence-electron chi connectivity index (χ2n) is 6.77. The highest BCUT2D eigenvalue weighted by Gasteiger charge is 2.17. The molecule has 2 N–H and O–H groups in total. The number of rotatable bonds is 5. The van der Waals surface area contributed by atoms with Crippen LogP contribution in [0.15, 0.2) is 59.3 Å². The fourth-order valence-corrected chi connectivity index (χ4v) is 3.22. The van der Waals surface area contributed by atoms with Gasteiger partial charge in [0.25, 0.3) is 11.8 Å². The Morgan fingerprint density at radius 2 is 1.77 bits per heavy atom. The van der Waals surface area contributed by atoms with Crippen molar-refractivity contribution in [3.8, 4) is 22.6 Å². The highest BCUT2D eigenvalue weighted by Crippen LogP contribution is 2.32. The van der Waals surface area contributed by atoms with Gasteiger partial charge in [-0.3, -0.25) is 0 Å². The number of nitrogens with zero attached hydrogens (tertiary/aromatic N) is 5. The molecule has 31 heavy (non-hydrogen) atoms. The maximum Gasteiger partial charge on any atom is 0.314 e. The Balaban J connectivity index is 1.46. The van der Waals surface area contributed by atoms with Crippen LogP contribution in [-0.2, 0) is 0 Å². The van der Waals surface area contributed by atoms with Crippen LogP contribution in [0.3, 0.4) is 0 Å². The maximum atomic E-state index is 12.6. The van der Waals surface area contributed by atoms with Gasteiger partial charge in [0.1, 0.15) is 5.82 Å². The van der Waals surface area contributed by atoms with E-state index in [2.05, 4.69) is 35.5 Å². The molecule has 0 radical (unpaired) electrons. The number of benzene rings is 2. The molecular weight excluding hydrogens is 404 g/mol. The molecule has 0 spiro atoms. The van der Waals surface area contributed by atoms with Gasteiger partial charge in [0, 0.05) is 23.6 Å². The standard InChI is InChI=1S/C21H15F2N7O/c1-11-26-16-8-14(7-15(17(16)27-11)12-5-3-2-4-6-12)28-21-24-9-13(10-25-21)19-29-30-20(31-19)18(22)23/h2-10,18H,1H3,(H,26,27)(H,24,25,28). The van der Waals surface area contributed by atoms with E-state index in [9.17, 15) is 8.78 Å². The van der Waals surface area contributed by atoms with E-state index in [0.717, 1.165) is 33.7 Å². The summed E-state index contributed by atoms with van der Waals surface area (Å²) in [6.45, 7) is 1.90. The number of imidazole rings is 1. The lowest BCUT2D eigenvalue weighted by molar-refractivity contribution is 0.116. The van der Waals surface area contributed by atoms with Gasteiger partial charge < -0.3 is 14.7 Å². The largest absolute Gasteiger partial charge is 0.415 e. The molecular formula is C21H15F2N7O. The van der Waals surface area contributed by atoms with Crippen LogP contribution in [0.25, 0.3) is 33.6 Å². The normalized spacial score (nSPS) is 11.4. The molecule has 0 saturated heterocycles. The van der Waals surface area contributed by atoms with Crippen molar-refractivity contribution in [3.05, 3.63) is 66.6 Å². The average molecular weight is 419 g/mol. The maximum absolute atomic E-state index is 12.6. The molecule has 8 nitrogen and oxygen atoms in total. The fourth-order valence-electron chi connectivity index (χ4n) is 3.22. The molecule has 3 aromatic heterocycles. The molecule has 3 heterocycles. The van der Waals surface area contributed by atoms with Gasteiger partial charge in [0.2, 0.25) is 5.95 Å². The minimum absolute atomic E-state index is 0.0671. The van der Waals surface area contributed by atoms with Gasteiger partial charge in [-0.2, -0.15) is 8.78 Å². The molecule has 0 fully saturated rings. The number of halogens is 2. The first-order valence-electron chi connectivity index (χ1n) is 9.33. The summed E-state index contributed by atoms with van der Waals surface area (Å²) in [5.74, 6) is 0.330. The average Bonchev–Trinajstić information content (AvgIpc) is 3.41. The van der Waals surface area contributed by atoms with Gasteiger partial charge in [-0.25, -0.2) is 15.0 Å². The Hall–Kier alpha value is -4.21. The number of anilines is 2. The lowest BCUT2D eigenvalue weighted by atomic mass is 10.0. The van der Waals surface area contributed by atoms with E-state index in [1.54, 1.807) is 0 Å². The molecule has 0 amide bonds. The number of hydrogen-bond acceptors (Lipinski definition) is 7. The quantitative estimate of drug-likeness (QED) is 0.410. The number of alkyl halides is 2. The number of aromatic amines is 1. The molecule has 154 valence electrons. The number of nitrogens with one attached hydrogen (secondary N) is 2. The zero-order chi connectivity index (χ0) is 21.4. The summed E-state index contributed by atoms with van der Waals surface area (Å²) >= 11 is 0. The lowest BCUT2D eigenvalue weighted by Gasteiger charge is -2.09. The van der Waals surface area contributed by atoms with Crippen LogP contribution in [0.1, 0.15) is 18.1 Å². The molecule has 0 atom stereocenters. The predicted octanol–water partition coefficient (Wildman–Crippen LogP) is 5.06. The van der Waals surface area contributed by atoms with Crippen molar-refractivity contribution in [2.45, 2.75) is 13.3 Å². The summed E-state index contributed by atoms with van der Waals surface area (Å²) in [7, 11) is 0. The predicted molar refractivity (Wildman–Crippen MR) is 110 cm³/mol. The van der Waals surface area contributed by atoms with E-state index < -0.39 is 12.3 Å². The summed E-state index contributed by atoms with van der Waals surface area (Å²) < 4.78 is 30.2. The van der Waals surface area contributed by atoms with E-state index in [1.165, 1.54) is 12.4 Å². The van der Waals surface area contributed by atoms with Gasteiger partial charge in [-0.05, 0) is 24.6 Å². The Morgan fingerprint density at radius 1 is 1.00 bits per heavy atom. The van der Waals surface area contributed by atoms with E-state index in [1.807, 2.05) is 49.4 Å². The molecule has 5 aromatic rings. The van der Waals surface area contributed by atoms with Crippen molar-refractivity contribution in [2.24, 2.45) is 0 Å². The Kier molecular flexibility index (Phi) is 4.58.